The monoisotopic (exact) mass is 473 g/mol. The smallest absolute Gasteiger partial charge is 0.348 e. The first kappa shape index (κ1) is 23.3. The van der Waals surface area contributed by atoms with E-state index in [1.807, 2.05) is 44.2 Å². The molecule has 2 aromatic rings. The number of aryl methyl sites for hydroxylation is 1. The number of nitrogens with zero attached hydrogens (tertiary/aromatic N) is 1. The highest BCUT2D eigenvalue weighted by Crippen LogP contribution is 2.37. The first-order chi connectivity index (χ1) is 14.5. The number of esters is 1. The zero-order valence-corrected chi connectivity index (χ0v) is 18.8. The van der Waals surface area contributed by atoms with Crippen LogP contribution in [0.15, 0.2) is 46.4 Å². The Labute approximate surface area is 185 Å². The van der Waals surface area contributed by atoms with Gasteiger partial charge in [0.15, 0.2) is 11.5 Å². The molecule has 158 valence electrons. The molecule has 6 nitrogen and oxygen atoms in total. The number of carbonyl (C=O) groups excluding carboxylic acids is 1. The van der Waals surface area contributed by atoms with Crippen molar-refractivity contribution in [2.24, 2.45) is 0 Å². The van der Waals surface area contributed by atoms with Gasteiger partial charge in [-0.15, -0.1) is 0 Å². The highest BCUT2D eigenvalue weighted by molar-refractivity contribution is 9.10. The summed E-state index contributed by atoms with van der Waals surface area (Å²) < 4.78 is 22.9. The molecule has 0 N–H and O–H groups in total. The Kier molecular flexibility index (Phi) is 9.23. The van der Waals surface area contributed by atoms with Gasteiger partial charge in [-0.1, -0.05) is 18.2 Å². The van der Waals surface area contributed by atoms with E-state index >= 15 is 0 Å². The van der Waals surface area contributed by atoms with Crippen LogP contribution >= 0.6 is 15.9 Å². The predicted molar refractivity (Wildman–Crippen MR) is 118 cm³/mol. The summed E-state index contributed by atoms with van der Waals surface area (Å²) >= 11 is 3.48. The molecule has 0 aromatic heterocycles. The van der Waals surface area contributed by atoms with Gasteiger partial charge >= 0.3 is 5.97 Å². The van der Waals surface area contributed by atoms with Gasteiger partial charge in [-0.05, 0) is 72.1 Å². The second-order valence-corrected chi connectivity index (χ2v) is 6.97. The van der Waals surface area contributed by atoms with Crippen molar-refractivity contribution in [3.8, 4) is 23.3 Å². The summed E-state index contributed by atoms with van der Waals surface area (Å²) in [5.74, 6) is 1.17. The van der Waals surface area contributed by atoms with Crippen LogP contribution in [0.25, 0.3) is 6.08 Å². The first-order valence-electron chi connectivity index (χ1n) is 9.56. The molecule has 0 aliphatic rings. The molecule has 0 unspecified atom stereocenters. The minimum absolute atomic E-state index is 0.0912. The molecule has 0 amide bonds. The van der Waals surface area contributed by atoms with Gasteiger partial charge in [0, 0.05) is 0 Å². The van der Waals surface area contributed by atoms with Crippen LogP contribution in [-0.4, -0.2) is 32.4 Å². The third-order valence-corrected chi connectivity index (χ3v) is 4.53. The number of hydrogen-bond acceptors (Lipinski definition) is 6. The van der Waals surface area contributed by atoms with Gasteiger partial charge < -0.3 is 18.9 Å². The van der Waals surface area contributed by atoms with Crippen molar-refractivity contribution in [2.75, 3.05) is 26.4 Å². The van der Waals surface area contributed by atoms with Crippen molar-refractivity contribution in [3.05, 3.63) is 57.6 Å². The molecule has 30 heavy (non-hydrogen) atoms. The molecule has 2 aromatic carbocycles. The van der Waals surface area contributed by atoms with Gasteiger partial charge in [-0.25, -0.2) is 4.79 Å². The van der Waals surface area contributed by atoms with E-state index in [1.54, 1.807) is 19.1 Å². The van der Waals surface area contributed by atoms with Gasteiger partial charge in [0.1, 0.15) is 30.6 Å². The molecular weight excluding hydrogens is 450 g/mol. The van der Waals surface area contributed by atoms with E-state index in [-0.39, 0.29) is 12.2 Å². The topological polar surface area (TPSA) is 77.8 Å². The fraction of sp³-hybridized carbons (Fsp3) is 0.304. The van der Waals surface area contributed by atoms with E-state index in [0.717, 1.165) is 11.3 Å². The molecule has 0 bridgehead atoms. The quantitative estimate of drug-likeness (QED) is 0.207. The molecule has 0 aliphatic carbocycles. The number of nitriles is 1. The molecule has 0 fully saturated rings. The van der Waals surface area contributed by atoms with Crippen molar-refractivity contribution >= 4 is 28.0 Å². The van der Waals surface area contributed by atoms with Crippen molar-refractivity contribution in [3.63, 3.8) is 0 Å². The maximum atomic E-state index is 11.9. The maximum Gasteiger partial charge on any atom is 0.348 e. The summed E-state index contributed by atoms with van der Waals surface area (Å²) in [5.41, 5.74) is 1.57. The number of para-hydroxylation sites is 1. The lowest BCUT2D eigenvalue weighted by atomic mass is 10.1. The fourth-order valence-corrected chi connectivity index (χ4v) is 3.17. The third kappa shape index (κ3) is 6.53. The lowest BCUT2D eigenvalue weighted by Crippen LogP contribution is -2.11. The van der Waals surface area contributed by atoms with Crippen LogP contribution < -0.4 is 14.2 Å². The highest BCUT2D eigenvalue weighted by Gasteiger charge is 2.15. The summed E-state index contributed by atoms with van der Waals surface area (Å²) in [6, 6.07) is 13.1. The number of hydrogen-bond donors (Lipinski definition) is 0. The minimum Gasteiger partial charge on any atom is -0.490 e. The van der Waals surface area contributed by atoms with Gasteiger partial charge in [0.2, 0.25) is 0 Å². The molecule has 0 spiro atoms. The Morgan fingerprint density at radius 2 is 1.80 bits per heavy atom. The molecule has 0 atom stereocenters. The van der Waals surface area contributed by atoms with Crippen LogP contribution in [0, 0.1) is 18.3 Å². The summed E-state index contributed by atoms with van der Waals surface area (Å²) in [6.07, 6.45) is 1.45. The van der Waals surface area contributed by atoms with Crippen LogP contribution in [0.4, 0.5) is 0 Å². The Hall–Kier alpha value is -2.98. The number of ether oxygens (including phenoxy) is 4. The van der Waals surface area contributed by atoms with E-state index in [2.05, 4.69) is 15.9 Å². The average Bonchev–Trinajstić information content (AvgIpc) is 2.72. The molecule has 0 saturated carbocycles. The largest absolute Gasteiger partial charge is 0.490 e. The van der Waals surface area contributed by atoms with Crippen molar-refractivity contribution < 1.29 is 23.7 Å². The molecular formula is C23H24BrNO5. The summed E-state index contributed by atoms with van der Waals surface area (Å²) in [7, 11) is 0. The molecule has 0 aliphatic heterocycles. The number of benzene rings is 2. The Morgan fingerprint density at radius 3 is 2.47 bits per heavy atom. The summed E-state index contributed by atoms with van der Waals surface area (Å²) in [4.78, 5) is 11.9. The van der Waals surface area contributed by atoms with Gasteiger partial charge in [0.25, 0.3) is 0 Å². The number of carbonyl (C=O) groups is 1. The Morgan fingerprint density at radius 1 is 1.07 bits per heavy atom. The second-order valence-electron chi connectivity index (χ2n) is 6.12. The van der Waals surface area contributed by atoms with Crippen LogP contribution in [0.5, 0.6) is 17.2 Å². The lowest BCUT2D eigenvalue weighted by Gasteiger charge is -2.15. The van der Waals surface area contributed by atoms with E-state index in [1.165, 1.54) is 6.08 Å². The molecule has 0 heterocycles. The Balaban J connectivity index is 2.15. The van der Waals surface area contributed by atoms with Crippen molar-refractivity contribution in [1.82, 2.24) is 0 Å². The predicted octanol–water partition coefficient (Wildman–Crippen LogP) is 5.08. The maximum absolute atomic E-state index is 11.9. The van der Waals surface area contributed by atoms with E-state index in [4.69, 9.17) is 18.9 Å². The van der Waals surface area contributed by atoms with Crippen LogP contribution in [0.3, 0.4) is 0 Å². The molecule has 7 heteroatoms. The Bertz CT molecular complexity index is 949. The SMILES string of the molecule is CCOC(=O)C(C#N)=Cc1cc(Br)c(OCCOc2ccccc2C)c(OCC)c1. The first-order valence-corrected chi connectivity index (χ1v) is 10.4. The van der Waals surface area contributed by atoms with Crippen LogP contribution in [0.1, 0.15) is 25.0 Å². The van der Waals surface area contributed by atoms with E-state index < -0.39 is 5.97 Å². The summed E-state index contributed by atoms with van der Waals surface area (Å²) in [5, 5.41) is 9.24. The molecule has 2 rings (SSSR count). The summed E-state index contributed by atoms with van der Waals surface area (Å²) in [6.45, 7) is 6.84. The number of halogens is 1. The fourth-order valence-electron chi connectivity index (χ4n) is 2.60. The van der Waals surface area contributed by atoms with Gasteiger partial charge in [-0.2, -0.15) is 5.26 Å². The van der Waals surface area contributed by atoms with Crippen LogP contribution in [0.2, 0.25) is 0 Å². The minimum atomic E-state index is -0.664. The van der Waals surface area contributed by atoms with E-state index in [0.29, 0.717) is 41.4 Å². The van der Waals surface area contributed by atoms with Gasteiger partial charge in [-0.3, -0.25) is 0 Å². The van der Waals surface area contributed by atoms with E-state index in [9.17, 15) is 10.1 Å². The lowest BCUT2D eigenvalue weighted by molar-refractivity contribution is -0.137. The normalized spacial score (nSPS) is 10.8. The van der Waals surface area contributed by atoms with Crippen molar-refractivity contribution in [1.29, 1.82) is 5.26 Å². The van der Waals surface area contributed by atoms with Crippen molar-refractivity contribution in [2.45, 2.75) is 20.8 Å². The van der Waals surface area contributed by atoms with Gasteiger partial charge in [0.05, 0.1) is 17.7 Å². The highest BCUT2D eigenvalue weighted by atomic mass is 79.9. The van der Waals surface area contributed by atoms with Crippen LogP contribution in [-0.2, 0) is 9.53 Å². The zero-order valence-electron chi connectivity index (χ0n) is 17.2. The zero-order chi connectivity index (χ0) is 21.9. The average molecular weight is 474 g/mol. The standard InChI is InChI=1S/C23H24BrNO5/c1-4-27-21-14-17(12-18(15-25)23(26)28-5-2)13-19(24)22(21)30-11-10-29-20-9-7-6-8-16(20)3/h6-9,12-14H,4-5,10-11H2,1-3H3. The molecule has 0 saturated heterocycles. The number of rotatable bonds is 10. The molecule has 0 radical (unpaired) electrons. The third-order valence-electron chi connectivity index (χ3n) is 3.94. The second kappa shape index (κ2) is 11.9.